The SMILES string of the molecule is Cc1noc(CN2C(=O)CN(CCc3ccccc3)C(=O)[C@H]2C)n1. The summed E-state index contributed by atoms with van der Waals surface area (Å²) in [7, 11) is 0. The molecule has 0 aliphatic carbocycles. The Kier molecular flexibility index (Phi) is 4.59. The lowest BCUT2D eigenvalue weighted by atomic mass is 10.1. The molecule has 1 aromatic heterocycles. The van der Waals surface area contributed by atoms with E-state index in [1.54, 1.807) is 18.7 Å². The summed E-state index contributed by atoms with van der Waals surface area (Å²) in [5, 5.41) is 3.71. The predicted octanol–water partition coefficient (Wildman–Crippen LogP) is 1.18. The summed E-state index contributed by atoms with van der Waals surface area (Å²) >= 11 is 0. The van der Waals surface area contributed by atoms with Crippen LogP contribution in [0, 0.1) is 6.92 Å². The lowest BCUT2D eigenvalue weighted by Gasteiger charge is -2.38. The van der Waals surface area contributed by atoms with E-state index in [2.05, 4.69) is 10.1 Å². The van der Waals surface area contributed by atoms with Crippen molar-refractivity contribution in [1.82, 2.24) is 19.9 Å². The van der Waals surface area contributed by atoms with Crippen LogP contribution in [0.1, 0.15) is 24.2 Å². The Bertz CT molecular complexity index is 728. The second kappa shape index (κ2) is 6.82. The molecule has 126 valence electrons. The number of hydrogen-bond donors (Lipinski definition) is 0. The third kappa shape index (κ3) is 3.45. The second-order valence-corrected chi connectivity index (χ2v) is 5.93. The molecule has 0 N–H and O–H groups in total. The van der Waals surface area contributed by atoms with Gasteiger partial charge in [0.05, 0.1) is 6.54 Å². The Morgan fingerprint density at radius 3 is 2.67 bits per heavy atom. The van der Waals surface area contributed by atoms with E-state index in [4.69, 9.17) is 4.52 Å². The molecule has 0 bridgehead atoms. The summed E-state index contributed by atoms with van der Waals surface area (Å²) in [6.45, 7) is 4.23. The fourth-order valence-electron chi connectivity index (χ4n) is 2.82. The summed E-state index contributed by atoms with van der Waals surface area (Å²) in [6, 6.07) is 9.39. The fourth-order valence-corrected chi connectivity index (χ4v) is 2.82. The summed E-state index contributed by atoms with van der Waals surface area (Å²) < 4.78 is 5.05. The number of hydrogen-bond acceptors (Lipinski definition) is 5. The van der Waals surface area contributed by atoms with E-state index >= 15 is 0 Å². The van der Waals surface area contributed by atoms with Gasteiger partial charge in [0.15, 0.2) is 5.82 Å². The zero-order valence-corrected chi connectivity index (χ0v) is 13.8. The van der Waals surface area contributed by atoms with E-state index in [9.17, 15) is 9.59 Å². The molecule has 1 aliphatic heterocycles. The maximum atomic E-state index is 12.6. The van der Waals surface area contributed by atoms with Gasteiger partial charge >= 0.3 is 0 Å². The van der Waals surface area contributed by atoms with Gasteiger partial charge in [0, 0.05) is 6.54 Å². The molecule has 1 saturated heterocycles. The van der Waals surface area contributed by atoms with Crippen molar-refractivity contribution in [3.8, 4) is 0 Å². The van der Waals surface area contributed by atoms with Crippen molar-refractivity contribution in [2.75, 3.05) is 13.1 Å². The zero-order valence-electron chi connectivity index (χ0n) is 13.8. The van der Waals surface area contributed by atoms with Gasteiger partial charge in [0.25, 0.3) is 0 Å². The molecule has 0 spiro atoms. The molecule has 1 aliphatic rings. The summed E-state index contributed by atoms with van der Waals surface area (Å²) in [5.74, 6) is 0.698. The molecule has 1 atom stereocenters. The highest BCUT2D eigenvalue weighted by molar-refractivity contribution is 5.94. The Balaban J connectivity index is 1.63. The van der Waals surface area contributed by atoms with Crippen LogP contribution in [0.25, 0.3) is 0 Å². The van der Waals surface area contributed by atoms with Crippen molar-refractivity contribution >= 4 is 11.8 Å². The molecule has 0 unspecified atom stereocenters. The Hall–Kier alpha value is -2.70. The van der Waals surface area contributed by atoms with Gasteiger partial charge in [-0.25, -0.2) is 0 Å². The molecule has 0 saturated carbocycles. The van der Waals surface area contributed by atoms with Crippen LogP contribution in [0.15, 0.2) is 34.9 Å². The molecule has 2 amide bonds. The summed E-state index contributed by atoms with van der Waals surface area (Å²) in [5.41, 5.74) is 1.15. The second-order valence-electron chi connectivity index (χ2n) is 5.93. The molecule has 2 heterocycles. The minimum atomic E-state index is -0.533. The number of piperazine rings is 1. The Morgan fingerprint density at radius 1 is 1.25 bits per heavy atom. The van der Waals surface area contributed by atoms with Crippen LogP contribution in [0.4, 0.5) is 0 Å². The van der Waals surface area contributed by atoms with E-state index in [-0.39, 0.29) is 24.9 Å². The first-order valence-electron chi connectivity index (χ1n) is 7.96. The van der Waals surface area contributed by atoms with Gasteiger partial charge in [-0.05, 0) is 25.8 Å². The van der Waals surface area contributed by atoms with Gasteiger partial charge in [-0.1, -0.05) is 35.5 Å². The molecule has 1 aromatic carbocycles. The largest absolute Gasteiger partial charge is 0.337 e. The van der Waals surface area contributed by atoms with Crippen LogP contribution in [0.5, 0.6) is 0 Å². The van der Waals surface area contributed by atoms with Crippen molar-refractivity contribution < 1.29 is 14.1 Å². The van der Waals surface area contributed by atoms with E-state index in [1.807, 2.05) is 30.3 Å². The fraction of sp³-hybridized carbons (Fsp3) is 0.412. The number of carbonyl (C=O) groups excluding carboxylic acids is 2. The van der Waals surface area contributed by atoms with Gasteiger partial charge in [0.2, 0.25) is 17.7 Å². The molecule has 2 aromatic rings. The number of aromatic nitrogens is 2. The van der Waals surface area contributed by atoms with Crippen LogP contribution in [-0.2, 0) is 22.6 Å². The minimum absolute atomic E-state index is 0.0539. The molecule has 24 heavy (non-hydrogen) atoms. The van der Waals surface area contributed by atoms with Crippen molar-refractivity contribution in [2.24, 2.45) is 0 Å². The summed E-state index contributed by atoms with van der Waals surface area (Å²) in [6.07, 6.45) is 0.732. The lowest BCUT2D eigenvalue weighted by molar-refractivity contribution is -0.156. The maximum absolute atomic E-state index is 12.6. The van der Waals surface area contributed by atoms with Crippen LogP contribution in [-0.4, -0.2) is 50.9 Å². The molecule has 7 nitrogen and oxygen atoms in total. The Morgan fingerprint density at radius 2 is 2.00 bits per heavy atom. The quantitative estimate of drug-likeness (QED) is 0.823. The summed E-state index contributed by atoms with van der Waals surface area (Å²) in [4.78, 5) is 32.2. The van der Waals surface area contributed by atoms with Crippen molar-refractivity contribution in [2.45, 2.75) is 32.9 Å². The molecule has 3 rings (SSSR count). The molecule has 7 heteroatoms. The highest BCUT2D eigenvalue weighted by atomic mass is 16.5. The third-order valence-electron chi connectivity index (χ3n) is 4.17. The number of benzene rings is 1. The van der Waals surface area contributed by atoms with Crippen LogP contribution in [0.3, 0.4) is 0 Å². The van der Waals surface area contributed by atoms with Gasteiger partial charge in [0.1, 0.15) is 12.6 Å². The number of aryl methyl sites for hydroxylation is 1. The maximum Gasteiger partial charge on any atom is 0.246 e. The first-order chi connectivity index (χ1) is 11.5. The molecule has 0 radical (unpaired) electrons. The molecule has 1 fully saturated rings. The first-order valence-corrected chi connectivity index (χ1v) is 7.96. The molecular weight excluding hydrogens is 308 g/mol. The van der Waals surface area contributed by atoms with E-state index < -0.39 is 6.04 Å². The van der Waals surface area contributed by atoms with Crippen LogP contribution >= 0.6 is 0 Å². The number of amides is 2. The minimum Gasteiger partial charge on any atom is -0.337 e. The smallest absolute Gasteiger partial charge is 0.246 e. The van der Waals surface area contributed by atoms with Crippen LogP contribution < -0.4 is 0 Å². The average Bonchev–Trinajstić information content (AvgIpc) is 3.00. The topological polar surface area (TPSA) is 79.5 Å². The number of nitrogens with zero attached hydrogens (tertiary/aromatic N) is 4. The van der Waals surface area contributed by atoms with E-state index in [0.717, 1.165) is 12.0 Å². The predicted molar refractivity (Wildman–Crippen MR) is 85.8 cm³/mol. The highest BCUT2D eigenvalue weighted by Gasteiger charge is 2.36. The lowest BCUT2D eigenvalue weighted by Crippen LogP contribution is -2.58. The molecular formula is C17H20N4O3. The van der Waals surface area contributed by atoms with Crippen molar-refractivity contribution in [3.63, 3.8) is 0 Å². The van der Waals surface area contributed by atoms with E-state index in [1.165, 1.54) is 4.90 Å². The van der Waals surface area contributed by atoms with Gasteiger partial charge in [-0.2, -0.15) is 4.98 Å². The Labute approximate surface area is 140 Å². The average molecular weight is 328 g/mol. The first kappa shape index (κ1) is 16.2. The van der Waals surface area contributed by atoms with Gasteiger partial charge in [-0.3, -0.25) is 9.59 Å². The third-order valence-corrected chi connectivity index (χ3v) is 4.17. The van der Waals surface area contributed by atoms with Gasteiger partial charge < -0.3 is 14.3 Å². The van der Waals surface area contributed by atoms with Crippen LogP contribution in [0.2, 0.25) is 0 Å². The zero-order chi connectivity index (χ0) is 17.1. The van der Waals surface area contributed by atoms with Crippen molar-refractivity contribution in [3.05, 3.63) is 47.6 Å². The monoisotopic (exact) mass is 328 g/mol. The number of carbonyl (C=O) groups is 2. The number of rotatable bonds is 5. The normalized spacial score (nSPS) is 18.3. The van der Waals surface area contributed by atoms with E-state index in [0.29, 0.717) is 18.3 Å². The standard InChI is InChI=1S/C17H20N4O3/c1-12-17(23)20(9-8-14-6-4-3-5-7-14)11-16(22)21(12)10-15-18-13(2)19-24-15/h3-7,12H,8-11H2,1-2H3/t12-/m1/s1. The highest BCUT2D eigenvalue weighted by Crippen LogP contribution is 2.16. The van der Waals surface area contributed by atoms with Crippen molar-refractivity contribution in [1.29, 1.82) is 0 Å². The van der Waals surface area contributed by atoms with Gasteiger partial charge in [-0.15, -0.1) is 0 Å².